The number of carbonyl (C=O) groups excluding carboxylic acids is 2. The second-order valence-corrected chi connectivity index (χ2v) is 5.19. The molecule has 2 aromatic rings. The van der Waals surface area contributed by atoms with E-state index in [4.69, 9.17) is 11.6 Å². The third-order valence-corrected chi connectivity index (χ3v) is 3.67. The number of rotatable bonds is 3. The van der Waals surface area contributed by atoms with Crippen LogP contribution in [0.25, 0.3) is 0 Å². The molecule has 0 aromatic heterocycles. The molecule has 2 amide bonds. The molecule has 106 valence electrons. The number of nitrogens with one attached hydrogen (secondary N) is 1. The van der Waals surface area contributed by atoms with Gasteiger partial charge in [0.05, 0.1) is 17.1 Å². The summed E-state index contributed by atoms with van der Waals surface area (Å²) in [6.45, 7) is 0. The minimum atomic E-state index is -0.559. The van der Waals surface area contributed by atoms with Crippen LogP contribution in [0.4, 0.5) is 11.4 Å². The first-order valence-corrected chi connectivity index (χ1v) is 6.97. The summed E-state index contributed by atoms with van der Waals surface area (Å²) < 4.78 is 0. The lowest BCUT2D eigenvalue weighted by molar-refractivity contribution is -0.121. The van der Waals surface area contributed by atoms with Crippen molar-refractivity contribution < 1.29 is 9.59 Å². The number of halogens is 1. The van der Waals surface area contributed by atoms with E-state index in [1.54, 1.807) is 24.3 Å². The summed E-state index contributed by atoms with van der Waals surface area (Å²) in [6.07, 6.45) is 0.124. The van der Waals surface area contributed by atoms with Gasteiger partial charge in [0.15, 0.2) is 0 Å². The highest BCUT2D eigenvalue weighted by atomic mass is 35.5. The van der Waals surface area contributed by atoms with Crippen LogP contribution in [0.15, 0.2) is 54.6 Å². The Morgan fingerprint density at radius 1 is 1.00 bits per heavy atom. The largest absolute Gasteiger partial charge is 0.373 e. The standard InChI is InChI=1S/C16H13ClN2O2/c17-12-8-4-5-9-14(12)19-15(20)10-13(16(19)21)18-11-6-2-1-3-7-11/h1-9,13,18H,10H2. The molecule has 4 nitrogen and oxygen atoms in total. The average molecular weight is 301 g/mol. The normalized spacial score (nSPS) is 18.1. The maximum Gasteiger partial charge on any atom is 0.256 e. The third kappa shape index (κ3) is 2.62. The van der Waals surface area contributed by atoms with Crippen molar-refractivity contribution in [1.29, 1.82) is 0 Å². The molecule has 0 spiro atoms. The van der Waals surface area contributed by atoms with E-state index >= 15 is 0 Å². The number of carbonyl (C=O) groups is 2. The molecule has 1 aliphatic heterocycles. The van der Waals surface area contributed by atoms with E-state index < -0.39 is 6.04 Å². The Bertz CT molecular complexity index is 688. The number of nitrogens with zero attached hydrogens (tertiary/aromatic N) is 1. The van der Waals surface area contributed by atoms with Crippen LogP contribution >= 0.6 is 11.6 Å². The molecule has 0 radical (unpaired) electrons. The molecule has 5 heteroatoms. The molecule has 0 aliphatic carbocycles. The second-order valence-electron chi connectivity index (χ2n) is 4.79. The van der Waals surface area contributed by atoms with Gasteiger partial charge in [-0.05, 0) is 24.3 Å². The molecule has 0 saturated carbocycles. The maximum absolute atomic E-state index is 12.5. The first-order valence-electron chi connectivity index (χ1n) is 6.60. The van der Waals surface area contributed by atoms with E-state index in [1.807, 2.05) is 30.3 Å². The first-order chi connectivity index (χ1) is 10.2. The summed E-state index contributed by atoms with van der Waals surface area (Å²) in [5.74, 6) is -0.529. The Kier molecular flexibility index (Phi) is 3.62. The van der Waals surface area contributed by atoms with Crippen LogP contribution in [-0.2, 0) is 9.59 Å². The topological polar surface area (TPSA) is 49.4 Å². The molecule has 1 atom stereocenters. The van der Waals surface area contributed by atoms with E-state index in [0.29, 0.717) is 10.7 Å². The van der Waals surface area contributed by atoms with Gasteiger partial charge in [0.25, 0.3) is 5.91 Å². The highest BCUT2D eigenvalue weighted by Gasteiger charge is 2.40. The minimum Gasteiger partial charge on any atom is -0.373 e. The Balaban J connectivity index is 1.84. The first kappa shape index (κ1) is 13.6. The number of imide groups is 1. The van der Waals surface area contributed by atoms with E-state index in [2.05, 4.69) is 5.32 Å². The fraction of sp³-hybridized carbons (Fsp3) is 0.125. The van der Waals surface area contributed by atoms with Gasteiger partial charge < -0.3 is 5.32 Å². The zero-order valence-electron chi connectivity index (χ0n) is 11.1. The van der Waals surface area contributed by atoms with E-state index in [1.165, 1.54) is 0 Å². The molecule has 0 bridgehead atoms. The van der Waals surface area contributed by atoms with Crippen molar-refractivity contribution in [3.05, 3.63) is 59.6 Å². The molecule has 21 heavy (non-hydrogen) atoms. The van der Waals surface area contributed by atoms with Crippen molar-refractivity contribution in [3.8, 4) is 0 Å². The van der Waals surface area contributed by atoms with Crippen molar-refractivity contribution in [2.45, 2.75) is 12.5 Å². The van der Waals surface area contributed by atoms with Gasteiger partial charge in [-0.25, -0.2) is 4.90 Å². The highest BCUT2D eigenvalue weighted by Crippen LogP contribution is 2.30. The van der Waals surface area contributed by atoms with Crippen molar-refractivity contribution >= 4 is 34.8 Å². The summed E-state index contributed by atoms with van der Waals surface area (Å²) in [5, 5.41) is 3.47. The minimum absolute atomic E-state index is 0.124. The molecular formula is C16H13ClN2O2. The number of benzene rings is 2. The van der Waals surface area contributed by atoms with Crippen LogP contribution in [0.2, 0.25) is 5.02 Å². The number of anilines is 2. The molecule has 1 unspecified atom stereocenters. The van der Waals surface area contributed by atoms with Crippen molar-refractivity contribution in [1.82, 2.24) is 0 Å². The zero-order chi connectivity index (χ0) is 14.8. The monoisotopic (exact) mass is 300 g/mol. The summed E-state index contributed by atoms with van der Waals surface area (Å²) in [5.41, 5.74) is 1.25. The van der Waals surface area contributed by atoms with Crippen molar-refractivity contribution in [2.75, 3.05) is 10.2 Å². The van der Waals surface area contributed by atoms with Gasteiger partial charge in [-0.3, -0.25) is 9.59 Å². The predicted molar refractivity (Wildman–Crippen MR) is 82.4 cm³/mol. The SMILES string of the molecule is O=C1CC(Nc2ccccc2)C(=O)N1c1ccccc1Cl. The van der Waals surface area contributed by atoms with Gasteiger partial charge in [-0.2, -0.15) is 0 Å². The number of hydrogen-bond acceptors (Lipinski definition) is 3. The maximum atomic E-state index is 12.5. The molecule has 1 saturated heterocycles. The smallest absolute Gasteiger partial charge is 0.256 e. The molecule has 1 heterocycles. The fourth-order valence-electron chi connectivity index (χ4n) is 2.37. The lowest BCUT2D eigenvalue weighted by atomic mass is 10.2. The van der Waals surface area contributed by atoms with Crippen molar-refractivity contribution in [2.24, 2.45) is 0 Å². The molecule has 2 aromatic carbocycles. The number of amides is 2. The van der Waals surface area contributed by atoms with Crippen LogP contribution in [0.1, 0.15) is 6.42 Å². The predicted octanol–water partition coefficient (Wildman–Crippen LogP) is 3.08. The summed E-state index contributed by atoms with van der Waals surface area (Å²) in [4.78, 5) is 25.8. The van der Waals surface area contributed by atoms with Crippen LogP contribution in [0.3, 0.4) is 0 Å². The fourth-order valence-corrected chi connectivity index (χ4v) is 2.59. The summed E-state index contributed by atoms with van der Waals surface area (Å²) in [7, 11) is 0. The van der Waals surface area contributed by atoms with Gasteiger partial charge in [0.2, 0.25) is 5.91 Å². The average Bonchev–Trinajstić information content (AvgIpc) is 2.76. The van der Waals surface area contributed by atoms with E-state index in [0.717, 1.165) is 10.6 Å². The molecular weight excluding hydrogens is 288 g/mol. The van der Waals surface area contributed by atoms with Gasteiger partial charge in [0, 0.05) is 5.69 Å². The van der Waals surface area contributed by atoms with E-state index in [9.17, 15) is 9.59 Å². The van der Waals surface area contributed by atoms with Crippen LogP contribution in [0, 0.1) is 0 Å². The third-order valence-electron chi connectivity index (χ3n) is 3.35. The highest BCUT2D eigenvalue weighted by molar-refractivity contribution is 6.36. The molecule has 1 N–H and O–H groups in total. The Hall–Kier alpha value is -2.33. The lowest BCUT2D eigenvalue weighted by Gasteiger charge is -2.17. The quantitative estimate of drug-likeness (QED) is 0.886. The van der Waals surface area contributed by atoms with E-state index in [-0.39, 0.29) is 18.2 Å². The number of hydrogen-bond donors (Lipinski definition) is 1. The zero-order valence-corrected chi connectivity index (χ0v) is 11.9. The second kappa shape index (κ2) is 5.58. The van der Waals surface area contributed by atoms with Gasteiger partial charge in [0.1, 0.15) is 6.04 Å². The Morgan fingerprint density at radius 2 is 1.67 bits per heavy atom. The Morgan fingerprint density at radius 3 is 2.38 bits per heavy atom. The summed E-state index contributed by atoms with van der Waals surface area (Å²) in [6, 6.07) is 15.6. The molecule has 3 rings (SSSR count). The van der Waals surface area contributed by atoms with Gasteiger partial charge in [-0.15, -0.1) is 0 Å². The summed E-state index contributed by atoms with van der Waals surface area (Å²) >= 11 is 6.08. The lowest BCUT2D eigenvalue weighted by Crippen LogP contribution is -2.34. The molecule has 1 fully saturated rings. The van der Waals surface area contributed by atoms with Crippen LogP contribution in [-0.4, -0.2) is 17.9 Å². The van der Waals surface area contributed by atoms with Crippen LogP contribution < -0.4 is 10.2 Å². The van der Waals surface area contributed by atoms with Crippen LogP contribution in [0.5, 0.6) is 0 Å². The Labute approximate surface area is 127 Å². The number of para-hydroxylation sites is 2. The van der Waals surface area contributed by atoms with Gasteiger partial charge in [-0.1, -0.05) is 41.9 Å². The van der Waals surface area contributed by atoms with Crippen molar-refractivity contribution in [3.63, 3.8) is 0 Å². The van der Waals surface area contributed by atoms with Gasteiger partial charge >= 0.3 is 0 Å². The molecule has 1 aliphatic rings.